The summed E-state index contributed by atoms with van der Waals surface area (Å²) in [5.41, 5.74) is 1.39. The van der Waals surface area contributed by atoms with Gasteiger partial charge in [0.1, 0.15) is 0 Å². The molecule has 2 heterocycles. The highest BCUT2D eigenvalue weighted by Gasteiger charge is 2.33. The van der Waals surface area contributed by atoms with Gasteiger partial charge in [0.2, 0.25) is 5.91 Å². The van der Waals surface area contributed by atoms with E-state index in [0.717, 1.165) is 32.5 Å². The Kier molecular flexibility index (Phi) is 4.58. The van der Waals surface area contributed by atoms with Crippen LogP contribution in [0.2, 0.25) is 0 Å². The van der Waals surface area contributed by atoms with Crippen molar-refractivity contribution in [3.05, 3.63) is 18.2 Å². The Bertz CT molecular complexity index is 421. The Labute approximate surface area is 114 Å². The number of rotatable bonds is 6. The summed E-state index contributed by atoms with van der Waals surface area (Å²) in [4.78, 5) is 15.9. The molecule has 1 amide bonds. The molecule has 5 nitrogen and oxygen atoms in total. The minimum Gasteiger partial charge on any atom is -0.356 e. The number of amides is 1. The van der Waals surface area contributed by atoms with E-state index in [1.807, 2.05) is 12.5 Å². The van der Waals surface area contributed by atoms with Crippen LogP contribution in [-0.4, -0.2) is 35.1 Å². The van der Waals surface area contributed by atoms with Crippen LogP contribution in [0, 0.1) is 0 Å². The molecule has 5 heteroatoms. The number of nitrogens with one attached hydrogen (secondary N) is 2. The Morgan fingerprint density at radius 1 is 1.63 bits per heavy atom. The molecule has 0 saturated carbocycles. The van der Waals surface area contributed by atoms with Crippen LogP contribution in [0.1, 0.15) is 38.8 Å². The summed E-state index contributed by atoms with van der Waals surface area (Å²) >= 11 is 0. The first-order valence-electron chi connectivity index (χ1n) is 7.14. The van der Waals surface area contributed by atoms with Crippen molar-refractivity contribution < 1.29 is 4.79 Å². The Hall–Kier alpha value is -1.36. The number of aryl methyl sites for hydroxylation is 1. The zero-order valence-corrected chi connectivity index (χ0v) is 11.9. The molecule has 2 N–H and O–H groups in total. The lowest BCUT2D eigenvalue weighted by Crippen LogP contribution is -2.29. The van der Waals surface area contributed by atoms with Crippen LogP contribution in [0.25, 0.3) is 0 Å². The second kappa shape index (κ2) is 6.19. The zero-order valence-electron chi connectivity index (χ0n) is 11.9. The van der Waals surface area contributed by atoms with Crippen molar-refractivity contribution in [3.8, 4) is 0 Å². The average molecular weight is 264 g/mol. The summed E-state index contributed by atoms with van der Waals surface area (Å²) in [7, 11) is 0. The number of carbonyl (C=O) groups excluding carboxylic acids is 1. The summed E-state index contributed by atoms with van der Waals surface area (Å²) in [6.45, 7) is 7.83. The van der Waals surface area contributed by atoms with Gasteiger partial charge in [-0.15, -0.1) is 0 Å². The summed E-state index contributed by atoms with van der Waals surface area (Å²) < 4.78 is 2.12. The van der Waals surface area contributed by atoms with Gasteiger partial charge in [0.15, 0.2) is 0 Å². The fraction of sp³-hybridized carbons (Fsp3) is 0.714. The highest BCUT2D eigenvalue weighted by Crippen LogP contribution is 2.29. The SMILES string of the molecule is CCCNC(=O)CCn1cncc1C1(C)CCNC1. The second-order valence-electron chi connectivity index (χ2n) is 5.56. The van der Waals surface area contributed by atoms with E-state index in [4.69, 9.17) is 0 Å². The lowest BCUT2D eigenvalue weighted by atomic mass is 9.86. The molecule has 19 heavy (non-hydrogen) atoms. The topological polar surface area (TPSA) is 59.0 Å². The Morgan fingerprint density at radius 2 is 2.47 bits per heavy atom. The molecule has 0 spiro atoms. The number of imidazole rings is 1. The maximum Gasteiger partial charge on any atom is 0.221 e. The van der Waals surface area contributed by atoms with E-state index in [1.54, 1.807) is 0 Å². The van der Waals surface area contributed by atoms with Crippen molar-refractivity contribution in [1.29, 1.82) is 0 Å². The summed E-state index contributed by atoms with van der Waals surface area (Å²) in [6.07, 6.45) is 6.41. The highest BCUT2D eigenvalue weighted by molar-refractivity contribution is 5.75. The van der Waals surface area contributed by atoms with Crippen molar-refractivity contribution in [2.45, 2.75) is 45.1 Å². The fourth-order valence-electron chi connectivity index (χ4n) is 2.61. The number of nitrogens with zero attached hydrogens (tertiary/aromatic N) is 2. The molecule has 1 aliphatic heterocycles. The molecule has 2 rings (SSSR count). The summed E-state index contributed by atoms with van der Waals surface area (Å²) in [5.74, 6) is 0.121. The quantitative estimate of drug-likeness (QED) is 0.807. The molecule has 0 bridgehead atoms. The monoisotopic (exact) mass is 264 g/mol. The van der Waals surface area contributed by atoms with Gasteiger partial charge >= 0.3 is 0 Å². The third-order valence-corrected chi connectivity index (χ3v) is 3.85. The second-order valence-corrected chi connectivity index (χ2v) is 5.56. The lowest BCUT2D eigenvalue weighted by Gasteiger charge is -2.24. The third-order valence-electron chi connectivity index (χ3n) is 3.85. The van der Waals surface area contributed by atoms with Crippen LogP contribution in [0.15, 0.2) is 12.5 Å². The van der Waals surface area contributed by atoms with Gasteiger partial charge in [0.25, 0.3) is 0 Å². The van der Waals surface area contributed by atoms with E-state index >= 15 is 0 Å². The number of hydrogen-bond donors (Lipinski definition) is 2. The van der Waals surface area contributed by atoms with E-state index in [-0.39, 0.29) is 11.3 Å². The lowest BCUT2D eigenvalue weighted by molar-refractivity contribution is -0.121. The van der Waals surface area contributed by atoms with E-state index in [2.05, 4.69) is 34.0 Å². The molecule has 1 saturated heterocycles. The third kappa shape index (κ3) is 3.35. The van der Waals surface area contributed by atoms with E-state index in [0.29, 0.717) is 13.0 Å². The Morgan fingerprint density at radius 3 is 3.16 bits per heavy atom. The number of carbonyl (C=O) groups is 1. The van der Waals surface area contributed by atoms with Gasteiger partial charge in [-0.1, -0.05) is 13.8 Å². The zero-order chi connectivity index (χ0) is 13.7. The first-order valence-corrected chi connectivity index (χ1v) is 7.14. The molecule has 1 aliphatic rings. The average Bonchev–Trinajstić information content (AvgIpc) is 3.03. The molecule has 1 atom stereocenters. The van der Waals surface area contributed by atoms with Crippen molar-refractivity contribution in [1.82, 2.24) is 20.2 Å². The van der Waals surface area contributed by atoms with E-state index in [1.165, 1.54) is 5.69 Å². The van der Waals surface area contributed by atoms with Gasteiger partial charge < -0.3 is 15.2 Å². The molecule has 0 radical (unpaired) electrons. The largest absolute Gasteiger partial charge is 0.356 e. The number of hydrogen-bond acceptors (Lipinski definition) is 3. The normalized spacial score (nSPS) is 22.6. The molecular weight excluding hydrogens is 240 g/mol. The predicted octanol–water partition coefficient (Wildman–Crippen LogP) is 1.05. The van der Waals surface area contributed by atoms with Gasteiger partial charge in [-0.05, 0) is 19.4 Å². The molecule has 1 fully saturated rings. The van der Waals surface area contributed by atoms with E-state index in [9.17, 15) is 4.79 Å². The predicted molar refractivity (Wildman–Crippen MR) is 75.0 cm³/mol. The van der Waals surface area contributed by atoms with Crippen molar-refractivity contribution in [2.24, 2.45) is 0 Å². The van der Waals surface area contributed by atoms with Gasteiger partial charge in [-0.3, -0.25) is 4.79 Å². The molecular formula is C14H24N4O. The summed E-state index contributed by atoms with van der Waals surface area (Å²) in [5, 5.41) is 6.31. The van der Waals surface area contributed by atoms with E-state index < -0.39 is 0 Å². The molecule has 1 aromatic heterocycles. The first-order chi connectivity index (χ1) is 9.15. The fourth-order valence-corrected chi connectivity index (χ4v) is 2.61. The standard InChI is InChI=1S/C14H24N4O/c1-3-6-17-13(19)4-8-18-11-16-9-12(18)14(2)5-7-15-10-14/h9,11,15H,3-8,10H2,1-2H3,(H,17,19). The minimum absolute atomic E-state index is 0.121. The molecule has 0 aliphatic carbocycles. The van der Waals surface area contributed by atoms with Crippen LogP contribution < -0.4 is 10.6 Å². The highest BCUT2D eigenvalue weighted by atomic mass is 16.1. The van der Waals surface area contributed by atoms with Crippen LogP contribution in [0.5, 0.6) is 0 Å². The van der Waals surface area contributed by atoms with Crippen LogP contribution in [-0.2, 0) is 16.8 Å². The summed E-state index contributed by atoms with van der Waals surface area (Å²) in [6, 6.07) is 0. The molecule has 0 aromatic carbocycles. The van der Waals surface area contributed by atoms with Crippen molar-refractivity contribution in [2.75, 3.05) is 19.6 Å². The molecule has 1 aromatic rings. The van der Waals surface area contributed by atoms with Crippen LogP contribution in [0.4, 0.5) is 0 Å². The van der Waals surface area contributed by atoms with Gasteiger partial charge in [0, 0.05) is 43.4 Å². The smallest absolute Gasteiger partial charge is 0.221 e. The van der Waals surface area contributed by atoms with Crippen molar-refractivity contribution >= 4 is 5.91 Å². The van der Waals surface area contributed by atoms with Crippen LogP contribution >= 0.6 is 0 Å². The van der Waals surface area contributed by atoms with Gasteiger partial charge in [-0.2, -0.15) is 0 Å². The maximum absolute atomic E-state index is 11.7. The van der Waals surface area contributed by atoms with Crippen molar-refractivity contribution in [3.63, 3.8) is 0 Å². The molecule has 1 unspecified atom stereocenters. The Balaban J connectivity index is 1.94. The maximum atomic E-state index is 11.7. The van der Waals surface area contributed by atoms with Gasteiger partial charge in [0.05, 0.1) is 6.33 Å². The number of aromatic nitrogens is 2. The first kappa shape index (κ1) is 14.1. The molecule has 106 valence electrons. The van der Waals surface area contributed by atoms with Gasteiger partial charge in [-0.25, -0.2) is 4.98 Å². The minimum atomic E-state index is 0.121. The van der Waals surface area contributed by atoms with Crippen LogP contribution in [0.3, 0.4) is 0 Å².